The van der Waals surface area contributed by atoms with Crippen molar-refractivity contribution in [1.82, 2.24) is 5.32 Å². The Hall–Kier alpha value is -2.91. The molecule has 3 nitrogen and oxygen atoms in total. The normalized spacial score (nSPS) is 11.1. The van der Waals surface area contributed by atoms with Gasteiger partial charge in [-0.3, -0.25) is 10.1 Å². The van der Waals surface area contributed by atoms with Crippen molar-refractivity contribution in [2.75, 3.05) is 13.7 Å². The summed E-state index contributed by atoms with van der Waals surface area (Å²) in [5.41, 5.74) is 2.84. The number of hydrogen-bond acceptors (Lipinski definition) is 3. The fraction of sp³-hybridized carbons (Fsp3) is 0.174. The highest BCUT2D eigenvalue weighted by Crippen LogP contribution is 2.36. The first-order valence-corrected chi connectivity index (χ1v) is 8.76. The van der Waals surface area contributed by atoms with Crippen LogP contribution in [-0.2, 0) is 15.1 Å². The summed E-state index contributed by atoms with van der Waals surface area (Å²) in [5.74, 6) is -0.222. The van der Waals surface area contributed by atoms with Crippen LogP contribution in [-0.4, -0.2) is 19.6 Å². The lowest BCUT2D eigenvalue weighted by Gasteiger charge is -2.37. The molecule has 3 aromatic carbocycles. The first kappa shape index (κ1) is 17.9. The average molecular weight is 345 g/mol. The van der Waals surface area contributed by atoms with E-state index in [1.807, 2.05) is 54.6 Å². The summed E-state index contributed by atoms with van der Waals surface area (Å²) in [4.78, 5) is 11.6. The minimum Gasteiger partial charge on any atom is -0.469 e. The molecule has 0 aliphatic rings. The molecule has 0 radical (unpaired) electrons. The summed E-state index contributed by atoms with van der Waals surface area (Å²) in [5, 5.41) is 3.65. The summed E-state index contributed by atoms with van der Waals surface area (Å²) in [6.07, 6.45) is 0.310. The van der Waals surface area contributed by atoms with E-state index < -0.39 is 5.54 Å². The average Bonchev–Trinajstić information content (AvgIpc) is 2.73. The zero-order valence-electron chi connectivity index (χ0n) is 14.9. The van der Waals surface area contributed by atoms with Crippen molar-refractivity contribution < 1.29 is 9.53 Å². The number of carbonyl (C=O) groups is 1. The van der Waals surface area contributed by atoms with Gasteiger partial charge < -0.3 is 4.74 Å². The van der Waals surface area contributed by atoms with Gasteiger partial charge in [0.25, 0.3) is 0 Å². The zero-order valence-corrected chi connectivity index (χ0v) is 14.9. The SMILES string of the molecule is COC(=O)CCNC(c1ccccc1)(c1ccccc1)c1ccccc1. The second-order valence-corrected chi connectivity index (χ2v) is 6.10. The summed E-state index contributed by atoms with van der Waals surface area (Å²) in [6.45, 7) is 0.505. The standard InChI is InChI=1S/C23H23NO2/c1-26-22(25)17-18-24-23(19-11-5-2-6-12-19,20-13-7-3-8-14-20)21-15-9-4-10-16-21/h2-16,24H,17-18H2,1H3. The molecule has 1 N–H and O–H groups in total. The second-order valence-electron chi connectivity index (χ2n) is 6.10. The summed E-state index contributed by atoms with van der Waals surface area (Å²) in [6, 6.07) is 31.0. The largest absolute Gasteiger partial charge is 0.469 e. The van der Waals surface area contributed by atoms with E-state index in [1.165, 1.54) is 7.11 Å². The molecule has 0 atom stereocenters. The highest BCUT2D eigenvalue weighted by Gasteiger charge is 2.35. The monoisotopic (exact) mass is 345 g/mol. The van der Waals surface area contributed by atoms with E-state index in [0.29, 0.717) is 13.0 Å². The molecule has 0 fully saturated rings. The van der Waals surface area contributed by atoms with E-state index >= 15 is 0 Å². The van der Waals surface area contributed by atoms with Crippen LogP contribution in [0, 0.1) is 0 Å². The minimum atomic E-state index is -0.544. The zero-order chi connectivity index (χ0) is 18.2. The van der Waals surface area contributed by atoms with E-state index in [9.17, 15) is 4.79 Å². The minimum absolute atomic E-state index is 0.222. The number of ether oxygens (including phenoxy) is 1. The van der Waals surface area contributed by atoms with E-state index in [4.69, 9.17) is 4.74 Å². The fourth-order valence-electron chi connectivity index (χ4n) is 3.32. The third-order valence-corrected chi connectivity index (χ3v) is 4.57. The van der Waals surface area contributed by atoms with Crippen molar-refractivity contribution in [2.24, 2.45) is 0 Å². The molecule has 0 unspecified atom stereocenters. The van der Waals surface area contributed by atoms with Crippen LogP contribution in [0.25, 0.3) is 0 Å². The number of nitrogens with one attached hydrogen (secondary N) is 1. The highest BCUT2D eigenvalue weighted by atomic mass is 16.5. The molecule has 0 heterocycles. The van der Waals surface area contributed by atoms with Gasteiger partial charge in [-0.15, -0.1) is 0 Å². The third kappa shape index (κ3) is 3.68. The molecule has 3 heteroatoms. The maximum atomic E-state index is 11.6. The molecular formula is C23H23NO2. The Balaban J connectivity index is 2.13. The molecule has 26 heavy (non-hydrogen) atoms. The van der Waals surface area contributed by atoms with Crippen molar-refractivity contribution >= 4 is 5.97 Å². The molecule has 0 aliphatic heterocycles. The molecule has 0 bridgehead atoms. The summed E-state index contributed by atoms with van der Waals surface area (Å²) < 4.78 is 4.80. The fourth-order valence-corrected chi connectivity index (χ4v) is 3.32. The molecule has 0 spiro atoms. The van der Waals surface area contributed by atoms with Crippen molar-refractivity contribution in [3.8, 4) is 0 Å². The van der Waals surface area contributed by atoms with E-state index in [0.717, 1.165) is 16.7 Å². The van der Waals surface area contributed by atoms with Crippen LogP contribution in [0.4, 0.5) is 0 Å². The Kier molecular flexibility index (Phi) is 5.82. The highest BCUT2D eigenvalue weighted by molar-refractivity contribution is 5.69. The van der Waals surface area contributed by atoms with E-state index in [-0.39, 0.29) is 5.97 Å². The molecule has 0 aliphatic carbocycles. The summed E-state index contributed by atoms with van der Waals surface area (Å²) in [7, 11) is 1.42. The van der Waals surface area contributed by atoms with Gasteiger partial charge in [-0.05, 0) is 16.7 Å². The maximum Gasteiger partial charge on any atom is 0.306 e. The first-order chi connectivity index (χ1) is 12.8. The lowest BCUT2D eigenvalue weighted by molar-refractivity contribution is -0.140. The Morgan fingerprint density at radius 1 is 0.769 bits per heavy atom. The van der Waals surface area contributed by atoms with Crippen LogP contribution in [0.15, 0.2) is 91.0 Å². The lowest BCUT2D eigenvalue weighted by atomic mass is 9.77. The molecule has 3 aromatic rings. The molecular weight excluding hydrogens is 322 g/mol. The van der Waals surface area contributed by atoms with Gasteiger partial charge in [0, 0.05) is 6.54 Å². The van der Waals surface area contributed by atoms with Crippen molar-refractivity contribution in [3.05, 3.63) is 108 Å². The number of methoxy groups -OCH3 is 1. The quantitative estimate of drug-likeness (QED) is 0.517. The number of rotatable bonds is 7. The molecule has 132 valence electrons. The van der Waals surface area contributed by atoms with Gasteiger partial charge in [0.2, 0.25) is 0 Å². The second kappa shape index (κ2) is 8.45. The number of hydrogen-bond donors (Lipinski definition) is 1. The van der Waals surface area contributed by atoms with Gasteiger partial charge in [0.05, 0.1) is 19.1 Å². The van der Waals surface area contributed by atoms with Gasteiger partial charge in [-0.25, -0.2) is 0 Å². The van der Waals surface area contributed by atoms with Crippen molar-refractivity contribution in [1.29, 1.82) is 0 Å². The Bertz CT molecular complexity index is 720. The lowest BCUT2D eigenvalue weighted by Crippen LogP contribution is -2.45. The Morgan fingerprint density at radius 2 is 1.15 bits per heavy atom. The number of benzene rings is 3. The molecule has 0 amide bonds. The van der Waals surface area contributed by atoms with Crippen molar-refractivity contribution in [3.63, 3.8) is 0 Å². The predicted octanol–water partition coefficient (Wildman–Crippen LogP) is 4.13. The van der Waals surface area contributed by atoms with Crippen LogP contribution in [0.3, 0.4) is 0 Å². The molecule has 0 aromatic heterocycles. The molecule has 0 saturated carbocycles. The van der Waals surface area contributed by atoms with Crippen LogP contribution >= 0.6 is 0 Å². The number of esters is 1. The third-order valence-electron chi connectivity index (χ3n) is 4.57. The van der Waals surface area contributed by atoms with Crippen molar-refractivity contribution in [2.45, 2.75) is 12.0 Å². The van der Waals surface area contributed by atoms with E-state index in [2.05, 4.69) is 41.7 Å². The van der Waals surface area contributed by atoms with Gasteiger partial charge >= 0.3 is 5.97 Å². The van der Waals surface area contributed by atoms with Gasteiger partial charge in [-0.2, -0.15) is 0 Å². The van der Waals surface area contributed by atoms with Gasteiger partial charge in [-0.1, -0.05) is 91.0 Å². The van der Waals surface area contributed by atoms with Crippen LogP contribution in [0.5, 0.6) is 0 Å². The van der Waals surface area contributed by atoms with Crippen LogP contribution in [0.1, 0.15) is 23.1 Å². The Labute approximate surface area is 154 Å². The Morgan fingerprint density at radius 3 is 1.50 bits per heavy atom. The van der Waals surface area contributed by atoms with Crippen LogP contribution in [0.2, 0.25) is 0 Å². The molecule has 3 rings (SSSR count). The summed E-state index contributed by atoms with van der Waals surface area (Å²) >= 11 is 0. The maximum absolute atomic E-state index is 11.6. The number of carbonyl (C=O) groups excluding carboxylic acids is 1. The predicted molar refractivity (Wildman–Crippen MR) is 104 cm³/mol. The van der Waals surface area contributed by atoms with E-state index in [1.54, 1.807) is 0 Å². The first-order valence-electron chi connectivity index (χ1n) is 8.76. The van der Waals surface area contributed by atoms with Crippen LogP contribution < -0.4 is 5.32 Å². The van der Waals surface area contributed by atoms with Gasteiger partial charge in [0.15, 0.2) is 0 Å². The molecule has 0 saturated heterocycles. The topological polar surface area (TPSA) is 38.3 Å². The van der Waals surface area contributed by atoms with Gasteiger partial charge in [0.1, 0.15) is 0 Å². The smallest absolute Gasteiger partial charge is 0.306 e.